The van der Waals surface area contributed by atoms with Crippen LogP contribution >= 0.6 is 7.82 Å². The van der Waals surface area contributed by atoms with Crippen molar-refractivity contribution < 1.29 is 26.0 Å². The SMILES string of the molecule is Cc1ccccc1S(=O)(=O)OP(=O)(OC(C)C)OC(C)C. The molecule has 1 aromatic carbocycles. The number of hydrogen-bond donors (Lipinski definition) is 0. The van der Waals surface area contributed by atoms with E-state index >= 15 is 0 Å². The third-order valence-electron chi connectivity index (χ3n) is 2.23. The van der Waals surface area contributed by atoms with Gasteiger partial charge in [-0.1, -0.05) is 18.2 Å². The van der Waals surface area contributed by atoms with Crippen LogP contribution in [0.15, 0.2) is 29.2 Å². The van der Waals surface area contributed by atoms with E-state index in [0.717, 1.165) is 0 Å². The molecule has 1 aromatic rings. The van der Waals surface area contributed by atoms with Crippen LogP contribution in [-0.2, 0) is 27.7 Å². The molecule has 0 N–H and O–H groups in total. The largest absolute Gasteiger partial charge is 0.490 e. The Morgan fingerprint density at radius 1 is 1.00 bits per heavy atom. The molecule has 21 heavy (non-hydrogen) atoms. The molecule has 120 valence electrons. The van der Waals surface area contributed by atoms with Crippen LogP contribution in [0.2, 0.25) is 0 Å². The Morgan fingerprint density at radius 3 is 1.90 bits per heavy atom. The number of phosphoric acid groups is 1. The average molecular weight is 336 g/mol. The molecule has 0 aliphatic rings. The Morgan fingerprint density at radius 2 is 1.48 bits per heavy atom. The first kappa shape index (κ1) is 18.3. The van der Waals surface area contributed by atoms with Crippen molar-refractivity contribution >= 4 is 17.9 Å². The van der Waals surface area contributed by atoms with Gasteiger partial charge in [0.1, 0.15) is 0 Å². The van der Waals surface area contributed by atoms with E-state index in [1.807, 2.05) is 0 Å². The average Bonchev–Trinajstić information content (AvgIpc) is 2.24. The van der Waals surface area contributed by atoms with E-state index in [9.17, 15) is 13.0 Å². The van der Waals surface area contributed by atoms with Gasteiger partial charge >= 0.3 is 17.9 Å². The van der Waals surface area contributed by atoms with E-state index in [4.69, 9.17) is 13.0 Å². The van der Waals surface area contributed by atoms with Crippen molar-refractivity contribution in [2.24, 2.45) is 0 Å². The number of phosphoric ester groups is 1. The minimum absolute atomic E-state index is 0.0649. The highest BCUT2D eigenvalue weighted by Gasteiger charge is 2.37. The molecule has 0 fully saturated rings. The van der Waals surface area contributed by atoms with Gasteiger partial charge in [-0.2, -0.15) is 12.4 Å². The summed E-state index contributed by atoms with van der Waals surface area (Å²) in [6, 6.07) is 6.25. The molecule has 0 amide bonds. The van der Waals surface area contributed by atoms with Crippen LogP contribution < -0.4 is 0 Å². The van der Waals surface area contributed by atoms with E-state index in [1.165, 1.54) is 6.07 Å². The van der Waals surface area contributed by atoms with Gasteiger partial charge in [0.2, 0.25) is 0 Å². The monoisotopic (exact) mass is 336 g/mol. The summed E-state index contributed by atoms with van der Waals surface area (Å²) in [5.41, 5.74) is 0.484. The van der Waals surface area contributed by atoms with E-state index in [-0.39, 0.29) is 4.90 Å². The Bertz CT molecular complexity index is 609. The molecule has 0 heterocycles. The fraction of sp³-hybridized carbons (Fsp3) is 0.538. The fourth-order valence-electron chi connectivity index (χ4n) is 1.57. The fourth-order valence-corrected chi connectivity index (χ4v) is 4.93. The minimum Gasteiger partial charge on any atom is -0.283 e. The number of rotatable bonds is 7. The van der Waals surface area contributed by atoms with Gasteiger partial charge in [0, 0.05) is 0 Å². The van der Waals surface area contributed by atoms with Crippen molar-refractivity contribution in [1.29, 1.82) is 0 Å². The molecule has 6 nitrogen and oxygen atoms in total. The van der Waals surface area contributed by atoms with E-state index in [2.05, 4.69) is 0 Å². The van der Waals surface area contributed by atoms with Crippen molar-refractivity contribution in [2.45, 2.75) is 51.7 Å². The van der Waals surface area contributed by atoms with E-state index in [0.29, 0.717) is 5.56 Å². The van der Waals surface area contributed by atoms with Gasteiger partial charge in [-0.05, 0) is 46.2 Å². The van der Waals surface area contributed by atoms with Crippen LogP contribution in [0.3, 0.4) is 0 Å². The topological polar surface area (TPSA) is 78.9 Å². The van der Waals surface area contributed by atoms with Gasteiger partial charge < -0.3 is 0 Å². The molecular formula is C13H21O6PS. The number of hydrogen-bond acceptors (Lipinski definition) is 6. The second-order valence-electron chi connectivity index (χ2n) is 5.05. The predicted octanol–water partition coefficient (Wildman–Crippen LogP) is 3.66. The maximum atomic E-state index is 12.5. The van der Waals surface area contributed by atoms with E-state index in [1.54, 1.807) is 52.8 Å². The summed E-state index contributed by atoms with van der Waals surface area (Å²) in [6.45, 7) is 8.06. The first-order chi connectivity index (χ1) is 9.56. The zero-order chi connectivity index (χ0) is 16.3. The smallest absolute Gasteiger partial charge is 0.283 e. The van der Waals surface area contributed by atoms with Crippen molar-refractivity contribution in [3.05, 3.63) is 29.8 Å². The first-order valence-electron chi connectivity index (χ1n) is 6.54. The van der Waals surface area contributed by atoms with Crippen molar-refractivity contribution in [3.8, 4) is 0 Å². The van der Waals surface area contributed by atoms with Gasteiger partial charge in [-0.15, -0.1) is 0 Å². The van der Waals surface area contributed by atoms with E-state index < -0.39 is 30.1 Å². The van der Waals surface area contributed by atoms with Gasteiger partial charge in [-0.3, -0.25) is 9.05 Å². The lowest BCUT2D eigenvalue weighted by atomic mass is 10.2. The van der Waals surface area contributed by atoms with Crippen LogP contribution in [-0.4, -0.2) is 20.6 Å². The molecule has 0 saturated carbocycles. The number of aryl methyl sites for hydroxylation is 1. The quantitative estimate of drug-likeness (QED) is 0.707. The van der Waals surface area contributed by atoms with Gasteiger partial charge in [0.15, 0.2) is 0 Å². The molecule has 0 unspecified atom stereocenters. The highest BCUT2D eigenvalue weighted by atomic mass is 32.2. The Kier molecular flexibility index (Phi) is 6.13. The Labute approximate surface area is 126 Å². The summed E-state index contributed by atoms with van der Waals surface area (Å²) < 4.78 is 52.0. The summed E-state index contributed by atoms with van der Waals surface area (Å²) in [6.07, 6.45) is -1.02. The zero-order valence-corrected chi connectivity index (χ0v) is 14.5. The molecular weight excluding hydrogens is 315 g/mol. The molecule has 0 atom stereocenters. The Hall–Kier alpha value is -0.720. The molecule has 0 saturated heterocycles. The standard InChI is InChI=1S/C13H21O6PS/c1-10(2)17-20(14,18-11(3)4)19-21(15,16)13-9-7-6-8-12(13)5/h6-11H,1-5H3. The summed E-state index contributed by atoms with van der Waals surface area (Å²) in [5.74, 6) is 0. The molecule has 0 radical (unpaired) electrons. The second-order valence-corrected chi connectivity index (χ2v) is 8.31. The van der Waals surface area contributed by atoms with Crippen LogP contribution in [0, 0.1) is 6.92 Å². The third-order valence-corrected chi connectivity index (χ3v) is 6.10. The lowest BCUT2D eigenvalue weighted by molar-refractivity contribution is 0.105. The van der Waals surface area contributed by atoms with Gasteiger partial charge in [0.05, 0.1) is 17.1 Å². The summed E-state index contributed by atoms with van der Waals surface area (Å²) in [4.78, 5) is -0.0649. The van der Waals surface area contributed by atoms with Crippen molar-refractivity contribution in [1.82, 2.24) is 0 Å². The maximum Gasteiger partial charge on any atom is 0.490 e. The van der Waals surface area contributed by atoms with Crippen LogP contribution in [0.25, 0.3) is 0 Å². The molecule has 0 aliphatic heterocycles. The highest BCUT2D eigenvalue weighted by molar-refractivity contribution is 7.90. The molecule has 0 spiro atoms. The molecule has 0 aromatic heterocycles. The summed E-state index contributed by atoms with van der Waals surface area (Å²) >= 11 is 0. The molecule has 1 rings (SSSR count). The van der Waals surface area contributed by atoms with Gasteiger partial charge in [-0.25, -0.2) is 4.57 Å². The van der Waals surface area contributed by atoms with Gasteiger partial charge in [0.25, 0.3) is 0 Å². The maximum absolute atomic E-state index is 12.5. The first-order valence-corrected chi connectivity index (χ1v) is 9.41. The van der Waals surface area contributed by atoms with Crippen LogP contribution in [0.1, 0.15) is 33.3 Å². The Balaban J connectivity index is 3.13. The third kappa shape index (κ3) is 5.52. The normalized spacial score (nSPS) is 13.1. The predicted molar refractivity (Wildman–Crippen MR) is 79.5 cm³/mol. The molecule has 0 bridgehead atoms. The minimum atomic E-state index is -4.25. The lowest BCUT2D eigenvalue weighted by Gasteiger charge is -2.21. The highest BCUT2D eigenvalue weighted by Crippen LogP contribution is 2.54. The van der Waals surface area contributed by atoms with Crippen LogP contribution in [0.5, 0.6) is 0 Å². The summed E-state index contributed by atoms with van der Waals surface area (Å²) in [5, 5.41) is 0. The number of benzene rings is 1. The summed E-state index contributed by atoms with van der Waals surface area (Å²) in [7, 11) is -8.48. The van der Waals surface area contributed by atoms with Crippen LogP contribution in [0.4, 0.5) is 0 Å². The second kappa shape index (κ2) is 7.03. The molecule has 0 aliphatic carbocycles. The zero-order valence-electron chi connectivity index (χ0n) is 12.8. The lowest BCUT2D eigenvalue weighted by Crippen LogP contribution is -2.14. The van der Waals surface area contributed by atoms with Crippen molar-refractivity contribution in [2.75, 3.05) is 0 Å². The molecule has 8 heteroatoms. The van der Waals surface area contributed by atoms with Crippen molar-refractivity contribution in [3.63, 3.8) is 0 Å².